The van der Waals surface area contributed by atoms with E-state index in [1.165, 1.54) is 128 Å². The van der Waals surface area contributed by atoms with E-state index in [9.17, 15) is 9.46 Å². The normalized spacial score (nSPS) is 12.2. The summed E-state index contributed by atoms with van der Waals surface area (Å²) in [5.41, 5.74) is 0. The maximum absolute atomic E-state index is 11.3. The Balaban J connectivity index is 0. The van der Waals surface area contributed by atoms with Crippen molar-refractivity contribution in [2.75, 3.05) is 37.0 Å². The highest BCUT2D eigenvalue weighted by Gasteiger charge is 2.34. The molecule has 0 radical (unpaired) electrons. The van der Waals surface area contributed by atoms with Crippen LogP contribution in [0.25, 0.3) is 0 Å². The van der Waals surface area contributed by atoms with Gasteiger partial charge >= 0.3 is 0 Å². The Morgan fingerprint density at radius 1 is 0.409 bits per heavy atom. The van der Waals surface area contributed by atoms with Crippen LogP contribution in [-0.2, 0) is 4.57 Å². The summed E-state index contributed by atoms with van der Waals surface area (Å²) in [6, 6.07) is 0. The molecule has 0 saturated carbocycles. The fraction of sp³-hybridized carbons (Fsp3) is 1.00. The molecule has 0 spiro atoms. The third kappa shape index (κ3) is 34.0. The van der Waals surface area contributed by atoms with Crippen molar-refractivity contribution >= 4 is 14.6 Å². The Morgan fingerprint density at radius 2 is 0.614 bits per heavy atom. The van der Waals surface area contributed by atoms with Gasteiger partial charge < -0.3 is 9.46 Å². The second-order valence-corrected chi connectivity index (χ2v) is 22.1. The highest BCUT2D eigenvalue weighted by Crippen LogP contribution is 2.61. The maximum Gasteiger partial charge on any atom is 0.0594 e. The average molecular weight is 661 g/mol. The van der Waals surface area contributed by atoms with Crippen LogP contribution in [0.4, 0.5) is 0 Å². The van der Waals surface area contributed by atoms with Gasteiger partial charge in [-0.15, -0.1) is 0 Å². The number of rotatable bonds is 32. The third-order valence-corrected chi connectivity index (χ3v) is 16.9. The Bertz CT molecular complexity index is 559. The maximum atomic E-state index is 11.3. The quantitative estimate of drug-likeness (QED) is 0.0532. The van der Waals surface area contributed by atoms with Gasteiger partial charge in [0, 0.05) is 14.6 Å². The van der Waals surface area contributed by atoms with Crippen LogP contribution in [0, 0.1) is 11.8 Å². The molecular formula is C40H86O2P2. The van der Waals surface area contributed by atoms with Crippen molar-refractivity contribution in [2.45, 2.75) is 209 Å². The first-order valence-electron chi connectivity index (χ1n) is 20.2. The van der Waals surface area contributed by atoms with Crippen LogP contribution in [0.2, 0.25) is 0 Å². The number of hydrogen-bond acceptors (Lipinski definition) is 2. The average Bonchev–Trinajstić information content (AvgIpc) is 2.95. The monoisotopic (exact) mass is 661 g/mol. The van der Waals surface area contributed by atoms with E-state index in [2.05, 4.69) is 27.7 Å². The molecule has 0 bridgehead atoms. The molecule has 0 aliphatic carbocycles. The smallest absolute Gasteiger partial charge is 0.0594 e. The molecule has 4 heteroatoms. The molecular weight excluding hydrogens is 574 g/mol. The lowest BCUT2D eigenvalue weighted by molar-refractivity contribution is -0.175. The fourth-order valence-corrected chi connectivity index (χ4v) is 14.1. The zero-order valence-electron chi connectivity index (χ0n) is 32.1. The van der Waals surface area contributed by atoms with E-state index in [0.717, 1.165) is 0 Å². The highest BCUT2D eigenvalue weighted by atomic mass is 31.2. The Labute approximate surface area is 281 Å². The SMILES string of the molecule is CC(C)CP(=O)([O-])CC(C)C.CCCCCCCCCCCCCC[P+](CCCCCC)(CCCCCC)CCCCCC. The molecule has 0 aromatic heterocycles. The first-order chi connectivity index (χ1) is 21.1. The highest BCUT2D eigenvalue weighted by molar-refractivity contribution is 7.75. The lowest BCUT2D eigenvalue weighted by Gasteiger charge is -2.28. The van der Waals surface area contributed by atoms with Crippen LogP contribution in [0.5, 0.6) is 0 Å². The Morgan fingerprint density at radius 3 is 0.841 bits per heavy atom. The van der Waals surface area contributed by atoms with E-state index in [1.807, 2.05) is 27.7 Å². The minimum absolute atomic E-state index is 0.261. The molecule has 0 unspecified atom stereocenters. The zero-order valence-corrected chi connectivity index (χ0v) is 33.9. The molecule has 0 aliphatic rings. The van der Waals surface area contributed by atoms with E-state index in [0.29, 0.717) is 12.3 Å². The van der Waals surface area contributed by atoms with Crippen LogP contribution >= 0.6 is 14.6 Å². The second-order valence-electron chi connectivity index (χ2n) is 15.3. The lowest BCUT2D eigenvalue weighted by atomic mass is 10.1. The summed E-state index contributed by atoms with van der Waals surface area (Å²) in [4.78, 5) is 11.3. The summed E-state index contributed by atoms with van der Waals surface area (Å²) >= 11 is 0. The van der Waals surface area contributed by atoms with Crippen LogP contribution < -0.4 is 4.89 Å². The van der Waals surface area contributed by atoms with Crippen molar-refractivity contribution < 1.29 is 9.46 Å². The lowest BCUT2D eigenvalue weighted by Crippen LogP contribution is -2.15. The van der Waals surface area contributed by atoms with Crippen molar-refractivity contribution in [3.05, 3.63) is 0 Å². The number of unbranched alkanes of at least 4 members (excludes halogenated alkanes) is 20. The number of hydrogen-bond donors (Lipinski definition) is 0. The molecule has 2 nitrogen and oxygen atoms in total. The molecule has 0 aromatic rings. The van der Waals surface area contributed by atoms with Crippen molar-refractivity contribution in [3.63, 3.8) is 0 Å². The van der Waals surface area contributed by atoms with Crippen LogP contribution in [0.15, 0.2) is 0 Å². The standard InChI is InChI=1S/C32H68P.C8H19O2P/c1-5-9-13-17-18-19-20-21-22-23-24-28-32-33(29-25-14-10-6-2,30-26-15-11-7-3)31-27-16-12-8-4;1-7(2)5-11(9,10)6-8(3)4/h5-32H2,1-4H3;7-8H,5-6H2,1-4H3,(H,9,10)/q+1;/p-1. The summed E-state index contributed by atoms with van der Waals surface area (Å²) in [5.74, 6) is 0.522. The molecule has 0 N–H and O–H groups in total. The molecule has 268 valence electrons. The van der Waals surface area contributed by atoms with Gasteiger partial charge in [-0.3, -0.25) is 0 Å². The van der Waals surface area contributed by atoms with Crippen molar-refractivity contribution in [2.24, 2.45) is 11.8 Å². The molecule has 0 fully saturated rings. The Kier molecular flexibility index (Phi) is 35.6. The summed E-state index contributed by atoms with van der Waals surface area (Å²) in [5, 5.41) is 0. The van der Waals surface area contributed by atoms with E-state index >= 15 is 0 Å². The molecule has 0 aromatic carbocycles. The molecule has 0 rings (SSSR count). The molecule has 44 heavy (non-hydrogen) atoms. The minimum atomic E-state index is -3.05. The molecule has 0 saturated heterocycles. The van der Waals surface area contributed by atoms with E-state index in [-0.39, 0.29) is 11.8 Å². The first kappa shape index (κ1) is 46.7. The summed E-state index contributed by atoms with van der Waals surface area (Å²) in [7, 11) is -3.75. The van der Waals surface area contributed by atoms with E-state index in [4.69, 9.17) is 0 Å². The van der Waals surface area contributed by atoms with Crippen LogP contribution in [0.1, 0.15) is 209 Å². The topological polar surface area (TPSA) is 40.1 Å². The van der Waals surface area contributed by atoms with Gasteiger partial charge in [-0.2, -0.15) is 0 Å². The van der Waals surface area contributed by atoms with E-state index < -0.39 is 14.6 Å². The largest absolute Gasteiger partial charge is 0.799 e. The Hall–Kier alpha value is 0.620. The predicted molar refractivity (Wildman–Crippen MR) is 207 cm³/mol. The summed E-state index contributed by atoms with van der Waals surface area (Å²) in [6.07, 6.45) is 42.8. The summed E-state index contributed by atoms with van der Waals surface area (Å²) in [6.45, 7) is 17.2. The molecule has 0 heterocycles. The van der Waals surface area contributed by atoms with Crippen LogP contribution in [-0.4, -0.2) is 37.0 Å². The van der Waals surface area contributed by atoms with E-state index in [1.54, 1.807) is 50.3 Å². The minimum Gasteiger partial charge on any atom is -0.799 e. The van der Waals surface area contributed by atoms with Crippen molar-refractivity contribution in [1.29, 1.82) is 0 Å². The molecule has 0 amide bonds. The van der Waals surface area contributed by atoms with Gasteiger partial charge in [-0.1, -0.05) is 158 Å². The first-order valence-corrected chi connectivity index (χ1v) is 24.7. The fourth-order valence-electron chi connectivity index (χ4n) is 6.77. The van der Waals surface area contributed by atoms with Gasteiger partial charge in [0.25, 0.3) is 0 Å². The van der Waals surface area contributed by atoms with Gasteiger partial charge in [-0.25, -0.2) is 0 Å². The van der Waals surface area contributed by atoms with Gasteiger partial charge in [-0.05, 0) is 75.5 Å². The summed E-state index contributed by atoms with van der Waals surface area (Å²) < 4.78 is 11.3. The second kappa shape index (κ2) is 33.5. The van der Waals surface area contributed by atoms with Crippen molar-refractivity contribution in [3.8, 4) is 0 Å². The molecule has 0 atom stereocenters. The molecule has 0 aliphatic heterocycles. The van der Waals surface area contributed by atoms with Crippen molar-refractivity contribution in [1.82, 2.24) is 0 Å². The zero-order chi connectivity index (χ0) is 33.4. The third-order valence-electron chi connectivity index (χ3n) is 9.23. The predicted octanol–water partition coefficient (Wildman–Crippen LogP) is 14.4. The van der Waals surface area contributed by atoms with Gasteiger partial charge in [0.05, 0.1) is 24.6 Å². The van der Waals surface area contributed by atoms with Crippen LogP contribution in [0.3, 0.4) is 0 Å². The van der Waals surface area contributed by atoms with Gasteiger partial charge in [0.1, 0.15) is 0 Å². The van der Waals surface area contributed by atoms with Gasteiger partial charge in [0.2, 0.25) is 0 Å². The van der Waals surface area contributed by atoms with Gasteiger partial charge in [0.15, 0.2) is 0 Å².